The highest BCUT2D eigenvalue weighted by Gasteiger charge is 2.25. The Labute approximate surface area is 127 Å². The summed E-state index contributed by atoms with van der Waals surface area (Å²) in [5, 5.41) is 12.0. The summed E-state index contributed by atoms with van der Waals surface area (Å²) in [6, 6.07) is 10.4. The summed E-state index contributed by atoms with van der Waals surface area (Å²) in [4.78, 5) is 14.6. The zero-order valence-corrected chi connectivity index (χ0v) is 12.8. The molecule has 1 saturated heterocycles. The van der Waals surface area contributed by atoms with Crippen LogP contribution in [-0.2, 0) is 11.3 Å². The van der Waals surface area contributed by atoms with Crippen molar-refractivity contribution < 1.29 is 9.90 Å². The Morgan fingerprint density at radius 2 is 2.19 bits per heavy atom. The fraction of sp³-hybridized carbons (Fsp3) is 0.588. The Bertz CT molecular complexity index is 436. The second kappa shape index (κ2) is 8.15. The van der Waals surface area contributed by atoms with Crippen molar-refractivity contribution in [3.05, 3.63) is 35.9 Å². The fourth-order valence-electron chi connectivity index (χ4n) is 2.74. The number of aliphatic hydroxyl groups is 1. The summed E-state index contributed by atoms with van der Waals surface area (Å²) in [5.41, 5.74) is 1.30. The lowest BCUT2D eigenvalue weighted by molar-refractivity contribution is -0.127. The van der Waals surface area contributed by atoms with E-state index in [2.05, 4.69) is 34.5 Å². The monoisotopic (exact) mass is 290 g/mol. The zero-order chi connectivity index (χ0) is 15.1. The van der Waals surface area contributed by atoms with Crippen molar-refractivity contribution >= 4 is 5.91 Å². The lowest BCUT2D eigenvalue weighted by Gasteiger charge is -2.32. The Morgan fingerprint density at radius 3 is 2.90 bits per heavy atom. The highest BCUT2D eigenvalue weighted by atomic mass is 16.3. The number of carbonyl (C=O) groups is 1. The molecule has 1 aromatic rings. The Morgan fingerprint density at radius 1 is 1.43 bits per heavy atom. The van der Waals surface area contributed by atoms with Gasteiger partial charge in [-0.05, 0) is 30.9 Å². The molecular weight excluding hydrogens is 264 g/mol. The SMILES string of the molecule is CC(CO)CNC(=O)C1CCCN(Cc2ccccc2)C1. The van der Waals surface area contributed by atoms with E-state index >= 15 is 0 Å². The summed E-state index contributed by atoms with van der Waals surface area (Å²) >= 11 is 0. The third-order valence-corrected chi connectivity index (χ3v) is 4.06. The van der Waals surface area contributed by atoms with Crippen molar-refractivity contribution in [2.75, 3.05) is 26.2 Å². The molecule has 0 aliphatic carbocycles. The average Bonchev–Trinajstić information content (AvgIpc) is 2.53. The molecule has 4 heteroatoms. The van der Waals surface area contributed by atoms with Crippen LogP contribution < -0.4 is 5.32 Å². The second-order valence-electron chi connectivity index (χ2n) is 6.09. The lowest BCUT2D eigenvalue weighted by Crippen LogP contribution is -2.43. The number of likely N-dealkylation sites (tertiary alicyclic amines) is 1. The van der Waals surface area contributed by atoms with Crippen molar-refractivity contribution in [2.45, 2.75) is 26.3 Å². The van der Waals surface area contributed by atoms with Crippen LogP contribution in [0.1, 0.15) is 25.3 Å². The minimum Gasteiger partial charge on any atom is -0.396 e. The van der Waals surface area contributed by atoms with Gasteiger partial charge >= 0.3 is 0 Å². The molecule has 1 aliphatic heterocycles. The van der Waals surface area contributed by atoms with Gasteiger partial charge in [-0.2, -0.15) is 0 Å². The smallest absolute Gasteiger partial charge is 0.224 e. The van der Waals surface area contributed by atoms with Gasteiger partial charge in [0.15, 0.2) is 0 Å². The number of nitrogens with one attached hydrogen (secondary N) is 1. The standard InChI is InChI=1S/C17H26N2O2/c1-14(13-20)10-18-17(21)16-8-5-9-19(12-16)11-15-6-3-2-4-7-15/h2-4,6-7,14,16,20H,5,8-13H2,1H3,(H,18,21). The molecule has 0 aromatic heterocycles. The van der Waals surface area contributed by atoms with E-state index in [0.29, 0.717) is 6.54 Å². The molecule has 0 bridgehead atoms. The number of hydrogen-bond donors (Lipinski definition) is 2. The molecule has 2 N–H and O–H groups in total. The van der Waals surface area contributed by atoms with Gasteiger partial charge in [-0.25, -0.2) is 0 Å². The number of aliphatic hydroxyl groups excluding tert-OH is 1. The second-order valence-corrected chi connectivity index (χ2v) is 6.09. The molecule has 1 aromatic carbocycles. The predicted octanol–water partition coefficient (Wildman–Crippen LogP) is 1.64. The maximum absolute atomic E-state index is 12.2. The van der Waals surface area contributed by atoms with Gasteiger partial charge in [0.05, 0.1) is 5.92 Å². The molecule has 2 unspecified atom stereocenters. The fourth-order valence-corrected chi connectivity index (χ4v) is 2.74. The summed E-state index contributed by atoms with van der Waals surface area (Å²) < 4.78 is 0. The van der Waals surface area contributed by atoms with Crippen LogP contribution >= 0.6 is 0 Å². The molecule has 1 amide bonds. The molecule has 1 heterocycles. The van der Waals surface area contributed by atoms with Gasteiger partial charge in [-0.3, -0.25) is 9.69 Å². The summed E-state index contributed by atoms with van der Waals surface area (Å²) in [5.74, 6) is 0.333. The van der Waals surface area contributed by atoms with Crippen LogP contribution in [0.5, 0.6) is 0 Å². The molecule has 4 nitrogen and oxygen atoms in total. The van der Waals surface area contributed by atoms with Gasteiger partial charge < -0.3 is 10.4 Å². The first-order chi connectivity index (χ1) is 10.2. The predicted molar refractivity (Wildman–Crippen MR) is 83.7 cm³/mol. The van der Waals surface area contributed by atoms with Crippen LogP contribution in [0.25, 0.3) is 0 Å². The van der Waals surface area contributed by atoms with Crippen LogP contribution in [0, 0.1) is 11.8 Å². The van der Waals surface area contributed by atoms with E-state index in [0.717, 1.165) is 32.5 Å². The maximum Gasteiger partial charge on any atom is 0.224 e. The van der Waals surface area contributed by atoms with Crippen LogP contribution in [0.3, 0.4) is 0 Å². The molecule has 0 radical (unpaired) electrons. The maximum atomic E-state index is 12.2. The molecule has 0 spiro atoms. The molecule has 21 heavy (non-hydrogen) atoms. The van der Waals surface area contributed by atoms with Crippen molar-refractivity contribution in [3.8, 4) is 0 Å². The van der Waals surface area contributed by atoms with Gasteiger partial charge in [-0.1, -0.05) is 37.3 Å². The number of carbonyl (C=O) groups excluding carboxylic acids is 1. The topological polar surface area (TPSA) is 52.6 Å². The number of hydrogen-bond acceptors (Lipinski definition) is 3. The van der Waals surface area contributed by atoms with Gasteiger partial charge in [0.2, 0.25) is 5.91 Å². The molecule has 1 fully saturated rings. The highest BCUT2D eigenvalue weighted by molar-refractivity contribution is 5.78. The number of piperidine rings is 1. The Kier molecular flexibility index (Phi) is 6.21. The minimum atomic E-state index is 0.0772. The average molecular weight is 290 g/mol. The highest BCUT2D eigenvalue weighted by Crippen LogP contribution is 2.18. The Hall–Kier alpha value is -1.39. The minimum absolute atomic E-state index is 0.0772. The first kappa shape index (κ1) is 16.0. The van der Waals surface area contributed by atoms with E-state index in [-0.39, 0.29) is 24.3 Å². The van der Waals surface area contributed by atoms with E-state index in [9.17, 15) is 4.79 Å². The zero-order valence-electron chi connectivity index (χ0n) is 12.8. The van der Waals surface area contributed by atoms with Crippen LogP contribution in [0.4, 0.5) is 0 Å². The number of benzene rings is 1. The Balaban J connectivity index is 1.81. The summed E-state index contributed by atoms with van der Waals surface area (Å²) in [7, 11) is 0. The van der Waals surface area contributed by atoms with E-state index in [1.807, 2.05) is 13.0 Å². The van der Waals surface area contributed by atoms with Crippen molar-refractivity contribution in [3.63, 3.8) is 0 Å². The molecular formula is C17H26N2O2. The normalized spacial score (nSPS) is 21.0. The first-order valence-corrected chi connectivity index (χ1v) is 7.84. The third-order valence-electron chi connectivity index (χ3n) is 4.06. The largest absolute Gasteiger partial charge is 0.396 e. The lowest BCUT2D eigenvalue weighted by atomic mass is 9.96. The van der Waals surface area contributed by atoms with Crippen LogP contribution in [0.2, 0.25) is 0 Å². The quantitative estimate of drug-likeness (QED) is 0.837. The van der Waals surface area contributed by atoms with E-state index in [1.54, 1.807) is 0 Å². The van der Waals surface area contributed by atoms with Gasteiger partial charge in [0.1, 0.15) is 0 Å². The number of rotatable bonds is 6. The van der Waals surface area contributed by atoms with Gasteiger partial charge in [0, 0.05) is 26.2 Å². The molecule has 2 rings (SSSR count). The molecule has 1 aliphatic rings. The number of amides is 1. The van der Waals surface area contributed by atoms with E-state index in [1.165, 1.54) is 5.56 Å². The third kappa shape index (κ3) is 5.14. The van der Waals surface area contributed by atoms with Gasteiger partial charge in [0.25, 0.3) is 0 Å². The summed E-state index contributed by atoms with van der Waals surface area (Å²) in [6.45, 7) is 5.41. The van der Waals surface area contributed by atoms with E-state index in [4.69, 9.17) is 5.11 Å². The van der Waals surface area contributed by atoms with E-state index < -0.39 is 0 Å². The first-order valence-electron chi connectivity index (χ1n) is 7.84. The molecule has 2 atom stereocenters. The van der Waals surface area contributed by atoms with Crippen molar-refractivity contribution in [1.82, 2.24) is 10.2 Å². The summed E-state index contributed by atoms with van der Waals surface area (Å²) in [6.07, 6.45) is 2.03. The van der Waals surface area contributed by atoms with Crippen LogP contribution in [0.15, 0.2) is 30.3 Å². The molecule has 116 valence electrons. The molecule has 0 saturated carbocycles. The number of nitrogens with zero attached hydrogens (tertiary/aromatic N) is 1. The van der Waals surface area contributed by atoms with Gasteiger partial charge in [-0.15, -0.1) is 0 Å². The van der Waals surface area contributed by atoms with Crippen molar-refractivity contribution in [1.29, 1.82) is 0 Å². The van der Waals surface area contributed by atoms with Crippen LogP contribution in [-0.4, -0.2) is 42.2 Å². The van der Waals surface area contributed by atoms with Crippen molar-refractivity contribution in [2.24, 2.45) is 11.8 Å².